The number of sulfonamides is 1. The number of aromatic nitrogens is 2. The monoisotopic (exact) mass is 378 g/mol. The molecule has 1 aliphatic rings. The Morgan fingerprint density at radius 1 is 1.27 bits per heavy atom. The van der Waals surface area contributed by atoms with Crippen LogP contribution >= 0.6 is 0 Å². The number of carbonyl (C=O) groups is 1. The van der Waals surface area contributed by atoms with Crippen LogP contribution in [0, 0.1) is 0 Å². The Bertz CT molecular complexity index is 872. The lowest BCUT2D eigenvalue weighted by atomic mass is 10.2. The molecule has 1 aromatic heterocycles. The summed E-state index contributed by atoms with van der Waals surface area (Å²) >= 11 is 0. The van der Waals surface area contributed by atoms with Crippen LogP contribution < -0.4 is 5.32 Å². The summed E-state index contributed by atoms with van der Waals surface area (Å²) < 4.78 is 33.7. The molecule has 0 aliphatic carbocycles. The Kier molecular flexibility index (Phi) is 5.70. The third-order valence-corrected chi connectivity index (χ3v) is 6.19. The largest absolute Gasteiger partial charge is 0.379 e. The second kappa shape index (κ2) is 7.98. The number of carbonyl (C=O) groups excluding carboxylic acids is 1. The molecule has 1 amide bonds. The van der Waals surface area contributed by atoms with Crippen molar-refractivity contribution in [2.75, 3.05) is 32.8 Å². The van der Waals surface area contributed by atoms with E-state index in [0.717, 1.165) is 5.69 Å². The first-order chi connectivity index (χ1) is 12.5. The van der Waals surface area contributed by atoms with E-state index in [-0.39, 0.29) is 10.8 Å². The van der Waals surface area contributed by atoms with Gasteiger partial charge in [0.25, 0.3) is 5.91 Å². The van der Waals surface area contributed by atoms with Crippen molar-refractivity contribution in [1.29, 1.82) is 0 Å². The van der Waals surface area contributed by atoms with Gasteiger partial charge in [0.1, 0.15) is 0 Å². The highest BCUT2D eigenvalue weighted by molar-refractivity contribution is 7.89. The molecule has 3 rings (SSSR count). The van der Waals surface area contributed by atoms with Crippen LogP contribution in [0.3, 0.4) is 0 Å². The van der Waals surface area contributed by atoms with Gasteiger partial charge in [-0.25, -0.2) is 8.42 Å². The molecule has 2 aromatic rings. The van der Waals surface area contributed by atoms with E-state index in [1.165, 1.54) is 16.4 Å². The molecule has 0 unspecified atom stereocenters. The van der Waals surface area contributed by atoms with E-state index in [2.05, 4.69) is 10.4 Å². The van der Waals surface area contributed by atoms with E-state index in [4.69, 9.17) is 4.74 Å². The summed E-state index contributed by atoms with van der Waals surface area (Å²) in [7, 11) is -1.77. The van der Waals surface area contributed by atoms with Crippen molar-refractivity contribution < 1.29 is 17.9 Å². The molecule has 1 aliphatic heterocycles. The number of hydrogen-bond acceptors (Lipinski definition) is 5. The summed E-state index contributed by atoms with van der Waals surface area (Å²) in [5, 5.41) is 6.89. The van der Waals surface area contributed by atoms with Gasteiger partial charge in [-0.05, 0) is 24.3 Å². The van der Waals surface area contributed by atoms with Gasteiger partial charge in [-0.3, -0.25) is 9.48 Å². The van der Waals surface area contributed by atoms with Crippen LogP contribution in [0.4, 0.5) is 0 Å². The van der Waals surface area contributed by atoms with Gasteiger partial charge in [0.2, 0.25) is 10.0 Å². The average molecular weight is 378 g/mol. The molecule has 1 fully saturated rings. The Balaban J connectivity index is 1.66. The molecule has 140 valence electrons. The van der Waals surface area contributed by atoms with Crippen molar-refractivity contribution >= 4 is 15.9 Å². The van der Waals surface area contributed by atoms with Gasteiger partial charge < -0.3 is 10.1 Å². The fourth-order valence-electron chi connectivity index (χ4n) is 2.79. The van der Waals surface area contributed by atoms with Gasteiger partial charge in [0.05, 0.1) is 18.1 Å². The maximum atomic E-state index is 12.7. The predicted molar refractivity (Wildman–Crippen MR) is 95.3 cm³/mol. The maximum Gasteiger partial charge on any atom is 0.251 e. The first-order valence-electron chi connectivity index (χ1n) is 8.41. The average Bonchev–Trinajstić information content (AvgIpc) is 3.07. The molecule has 0 saturated carbocycles. The minimum Gasteiger partial charge on any atom is -0.379 e. The fourth-order valence-corrected chi connectivity index (χ4v) is 4.24. The van der Waals surface area contributed by atoms with Crippen LogP contribution in [0.25, 0.3) is 0 Å². The number of morpholine rings is 1. The van der Waals surface area contributed by atoms with Gasteiger partial charge in [-0.15, -0.1) is 0 Å². The summed E-state index contributed by atoms with van der Waals surface area (Å²) in [6.45, 7) is 1.85. The van der Waals surface area contributed by atoms with E-state index in [1.54, 1.807) is 23.0 Å². The highest BCUT2D eigenvalue weighted by Gasteiger charge is 2.26. The summed E-state index contributed by atoms with van der Waals surface area (Å²) in [6, 6.07) is 8.02. The fraction of sp³-hybridized carbons (Fsp3) is 0.412. The molecule has 0 radical (unpaired) electrons. The molecule has 0 bridgehead atoms. The zero-order valence-electron chi connectivity index (χ0n) is 14.6. The van der Waals surface area contributed by atoms with Gasteiger partial charge in [-0.1, -0.05) is 6.07 Å². The highest BCUT2D eigenvalue weighted by Crippen LogP contribution is 2.18. The number of hydrogen-bond donors (Lipinski definition) is 1. The zero-order chi connectivity index (χ0) is 18.6. The van der Waals surface area contributed by atoms with E-state index in [1.807, 2.05) is 13.1 Å². The number of nitrogens with zero attached hydrogens (tertiary/aromatic N) is 3. The van der Waals surface area contributed by atoms with Crippen LogP contribution in [-0.4, -0.2) is 61.3 Å². The van der Waals surface area contributed by atoms with Crippen LogP contribution in [-0.2, 0) is 28.2 Å². The standard InChI is InChI=1S/C17H22N4O4S/c1-20-15(6-8-19-20)5-7-18-17(22)14-3-2-4-16(13-14)26(23,24)21-9-11-25-12-10-21/h2-4,6,8,13H,5,7,9-12H2,1H3,(H,18,22). The van der Waals surface area contributed by atoms with E-state index in [0.29, 0.717) is 44.8 Å². The molecule has 1 aromatic carbocycles. The SMILES string of the molecule is Cn1nccc1CCNC(=O)c1cccc(S(=O)(=O)N2CCOCC2)c1. The quantitative estimate of drug-likeness (QED) is 0.786. The lowest BCUT2D eigenvalue weighted by Gasteiger charge is -2.26. The van der Waals surface area contributed by atoms with Crippen LogP contribution in [0.15, 0.2) is 41.4 Å². The topological polar surface area (TPSA) is 93.5 Å². The highest BCUT2D eigenvalue weighted by atomic mass is 32.2. The zero-order valence-corrected chi connectivity index (χ0v) is 15.4. The van der Waals surface area contributed by atoms with Gasteiger partial charge in [0.15, 0.2) is 0 Å². The first kappa shape index (κ1) is 18.6. The molecule has 0 atom stereocenters. The van der Waals surface area contributed by atoms with Crippen LogP contribution in [0.1, 0.15) is 16.1 Å². The van der Waals surface area contributed by atoms with Crippen molar-refractivity contribution in [1.82, 2.24) is 19.4 Å². The molecule has 26 heavy (non-hydrogen) atoms. The Morgan fingerprint density at radius 3 is 2.73 bits per heavy atom. The van der Waals surface area contributed by atoms with E-state index >= 15 is 0 Å². The number of nitrogens with one attached hydrogen (secondary N) is 1. The van der Waals surface area contributed by atoms with Crippen molar-refractivity contribution in [3.8, 4) is 0 Å². The second-order valence-corrected chi connectivity index (χ2v) is 7.93. The summed E-state index contributed by atoms with van der Waals surface area (Å²) in [6.07, 6.45) is 2.35. The number of rotatable bonds is 6. The van der Waals surface area contributed by atoms with E-state index in [9.17, 15) is 13.2 Å². The summed E-state index contributed by atoms with van der Waals surface area (Å²) in [5.74, 6) is -0.300. The molecule has 8 nitrogen and oxygen atoms in total. The molecular weight excluding hydrogens is 356 g/mol. The van der Waals surface area contributed by atoms with Crippen molar-refractivity contribution in [2.24, 2.45) is 7.05 Å². The van der Waals surface area contributed by atoms with Crippen molar-refractivity contribution in [3.63, 3.8) is 0 Å². The molecule has 1 saturated heterocycles. The Labute approximate surface area is 152 Å². The molecule has 1 N–H and O–H groups in total. The van der Waals surface area contributed by atoms with Gasteiger partial charge in [0, 0.05) is 50.6 Å². The Morgan fingerprint density at radius 2 is 2.04 bits per heavy atom. The molecule has 0 spiro atoms. The molecule has 9 heteroatoms. The van der Waals surface area contributed by atoms with Gasteiger partial charge in [-0.2, -0.15) is 9.40 Å². The third kappa shape index (κ3) is 4.12. The van der Waals surface area contributed by atoms with Crippen molar-refractivity contribution in [3.05, 3.63) is 47.8 Å². The molecule has 2 heterocycles. The Hall–Kier alpha value is -2.23. The summed E-state index contributed by atoms with van der Waals surface area (Å²) in [5.41, 5.74) is 1.33. The number of ether oxygens (including phenoxy) is 1. The normalized spacial score (nSPS) is 15.7. The minimum absolute atomic E-state index is 0.124. The van der Waals surface area contributed by atoms with Crippen LogP contribution in [0.2, 0.25) is 0 Å². The smallest absolute Gasteiger partial charge is 0.251 e. The molecular formula is C17H22N4O4S. The second-order valence-electron chi connectivity index (χ2n) is 6.00. The number of amides is 1. The lowest BCUT2D eigenvalue weighted by Crippen LogP contribution is -2.40. The number of aryl methyl sites for hydroxylation is 1. The van der Waals surface area contributed by atoms with Gasteiger partial charge >= 0.3 is 0 Å². The maximum absolute atomic E-state index is 12.7. The first-order valence-corrected chi connectivity index (χ1v) is 9.85. The number of benzene rings is 1. The van der Waals surface area contributed by atoms with E-state index < -0.39 is 10.0 Å². The van der Waals surface area contributed by atoms with Crippen LogP contribution in [0.5, 0.6) is 0 Å². The minimum atomic E-state index is -3.62. The van der Waals surface area contributed by atoms with Crippen molar-refractivity contribution in [2.45, 2.75) is 11.3 Å². The lowest BCUT2D eigenvalue weighted by molar-refractivity contribution is 0.0730. The third-order valence-electron chi connectivity index (χ3n) is 4.29. The predicted octanol–water partition coefficient (Wildman–Crippen LogP) is 0.414. The summed E-state index contributed by atoms with van der Waals surface area (Å²) in [4.78, 5) is 12.5.